The van der Waals surface area contributed by atoms with E-state index in [0.29, 0.717) is 17.9 Å². The van der Waals surface area contributed by atoms with Crippen LogP contribution in [0.3, 0.4) is 0 Å². The second-order valence-electron chi connectivity index (χ2n) is 6.56. The molecule has 0 radical (unpaired) electrons. The van der Waals surface area contributed by atoms with E-state index < -0.39 is 0 Å². The molecule has 22 heavy (non-hydrogen) atoms. The molecule has 2 aromatic rings. The number of rotatable bonds is 4. The molecule has 5 nitrogen and oxygen atoms in total. The van der Waals surface area contributed by atoms with Crippen molar-refractivity contribution in [3.63, 3.8) is 0 Å². The molecule has 1 saturated heterocycles. The average molecular weight is 298 g/mol. The van der Waals surface area contributed by atoms with Crippen molar-refractivity contribution in [1.29, 1.82) is 0 Å². The zero-order valence-electron chi connectivity index (χ0n) is 13.0. The summed E-state index contributed by atoms with van der Waals surface area (Å²) in [5.74, 6) is 2.69. The summed E-state index contributed by atoms with van der Waals surface area (Å²) in [4.78, 5) is 11.4. The smallest absolute Gasteiger partial charge is 0.229 e. The summed E-state index contributed by atoms with van der Waals surface area (Å²) in [6.45, 7) is 4.38. The molecule has 0 amide bonds. The molecule has 2 aliphatic rings. The highest BCUT2D eigenvalue weighted by Gasteiger charge is 2.32. The van der Waals surface area contributed by atoms with Crippen LogP contribution in [0.4, 0.5) is 0 Å². The van der Waals surface area contributed by atoms with Crippen LogP contribution in [0.25, 0.3) is 0 Å². The second kappa shape index (κ2) is 5.80. The summed E-state index contributed by atoms with van der Waals surface area (Å²) in [6.07, 6.45) is 8.54. The van der Waals surface area contributed by atoms with Crippen molar-refractivity contribution in [2.24, 2.45) is 0 Å². The number of nitrogens with zero attached hydrogens (tertiary/aromatic N) is 4. The average Bonchev–Trinajstić information content (AvgIpc) is 3.32. The van der Waals surface area contributed by atoms with Gasteiger partial charge in [0.1, 0.15) is 0 Å². The van der Waals surface area contributed by atoms with Gasteiger partial charge in [0.25, 0.3) is 0 Å². The molecule has 0 spiro atoms. The monoisotopic (exact) mass is 298 g/mol. The molecule has 116 valence electrons. The van der Waals surface area contributed by atoms with Gasteiger partial charge in [0, 0.05) is 36.8 Å². The molecule has 3 heterocycles. The SMILES string of the molecule is CC(c1cccnc1)N1CCCC(c2noc(C3CC3)n2)C1. The van der Waals surface area contributed by atoms with E-state index >= 15 is 0 Å². The first kappa shape index (κ1) is 13.9. The van der Waals surface area contributed by atoms with Gasteiger partial charge in [-0.25, -0.2) is 0 Å². The van der Waals surface area contributed by atoms with Crippen molar-refractivity contribution in [2.75, 3.05) is 13.1 Å². The van der Waals surface area contributed by atoms with Gasteiger partial charge in [-0.3, -0.25) is 9.88 Å². The number of piperidine rings is 1. The van der Waals surface area contributed by atoms with Crippen molar-refractivity contribution in [1.82, 2.24) is 20.0 Å². The first-order valence-corrected chi connectivity index (χ1v) is 8.28. The number of aromatic nitrogens is 3. The van der Waals surface area contributed by atoms with Crippen molar-refractivity contribution in [3.05, 3.63) is 41.8 Å². The van der Waals surface area contributed by atoms with Gasteiger partial charge in [-0.15, -0.1) is 0 Å². The third-order valence-electron chi connectivity index (χ3n) is 4.92. The Morgan fingerprint density at radius 2 is 2.18 bits per heavy atom. The van der Waals surface area contributed by atoms with E-state index in [-0.39, 0.29) is 0 Å². The van der Waals surface area contributed by atoms with Crippen LogP contribution in [0, 0.1) is 0 Å². The normalized spacial score (nSPS) is 24.3. The van der Waals surface area contributed by atoms with Crippen LogP contribution >= 0.6 is 0 Å². The number of pyridine rings is 1. The third kappa shape index (κ3) is 2.77. The van der Waals surface area contributed by atoms with E-state index in [0.717, 1.165) is 31.2 Å². The zero-order chi connectivity index (χ0) is 14.9. The molecule has 0 N–H and O–H groups in total. The lowest BCUT2D eigenvalue weighted by Crippen LogP contribution is -2.36. The lowest BCUT2D eigenvalue weighted by Gasteiger charge is -2.35. The van der Waals surface area contributed by atoms with E-state index in [9.17, 15) is 0 Å². The maximum atomic E-state index is 5.43. The molecule has 1 aliphatic carbocycles. The Morgan fingerprint density at radius 3 is 2.95 bits per heavy atom. The van der Waals surface area contributed by atoms with Gasteiger partial charge >= 0.3 is 0 Å². The number of hydrogen-bond donors (Lipinski definition) is 0. The van der Waals surface area contributed by atoms with Crippen molar-refractivity contribution in [3.8, 4) is 0 Å². The van der Waals surface area contributed by atoms with E-state index in [1.807, 2.05) is 18.5 Å². The van der Waals surface area contributed by atoms with Gasteiger partial charge in [0.05, 0.1) is 0 Å². The van der Waals surface area contributed by atoms with Crippen LogP contribution in [-0.4, -0.2) is 33.1 Å². The molecule has 2 atom stereocenters. The molecule has 5 heteroatoms. The number of hydrogen-bond acceptors (Lipinski definition) is 5. The summed E-state index contributed by atoms with van der Waals surface area (Å²) >= 11 is 0. The first-order chi connectivity index (χ1) is 10.8. The summed E-state index contributed by atoms with van der Waals surface area (Å²) < 4.78 is 5.43. The standard InChI is InChI=1S/C17H22N4O/c1-12(14-4-2-8-18-10-14)21-9-3-5-15(11-21)16-19-17(22-20-16)13-6-7-13/h2,4,8,10,12-13,15H,3,5-7,9,11H2,1H3. The molecule has 2 fully saturated rings. The lowest BCUT2D eigenvalue weighted by atomic mass is 9.95. The Balaban J connectivity index is 1.46. The van der Waals surface area contributed by atoms with Crippen molar-refractivity contribution in [2.45, 2.75) is 50.5 Å². The van der Waals surface area contributed by atoms with Crippen LogP contribution in [0.15, 0.2) is 29.0 Å². The van der Waals surface area contributed by atoms with Gasteiger partial charge in [-0.05, 0) is 50.8 Å². The van der Waals surface area contributed by atoms with Crippen LogP contribution in [0.2, 0.25) is 0 Å². The Morgan fingerprint density at radius 1 is 1.27 bits per heavy atom. The summed E-state index contributed by atoms with van der Waals surface area (Å²) in [5.41, 5.74) is 1.27. The fourth-order valence-corrected chi connectivity index (χ4v) is 3.31. The predicted molar refractivity (Wildman–Crippen MR) is 82.5 cm³/mol. The maximum absolute atomic E-state index is 5.43. The van der Waals surface area contributed by atoms with E-state index in [1.165, 1.54) is 24.8 Å². The minimum absolute atomic E-state index is 0.381. The summed E-state index contributed by atoms with van der Waals surface area (Å²) in [7, 11) is 0. The second-order valence-corrected chi connectivity index (χ2v) is 6.56. The Kier molecular flexibility index (Phi) is 3.66. The van der Waals surface area contributed by atoms with Crippen LogP contribution in [0.5, 0.6) is 0 Å². The fraction of sp³-hybridized carbons (Fsp3) is 0.588. The first-order valence-electron chi connectivity index (χ1n) is 8.28. The lowest BCUT2D eigenvalue weighted by molar-refractivity contribution is 0.154. The minimum atomic E-state index is 0.381. The van der Waals surface area contributed by atoms with Crippen LogP contribution in [-0.2, 0) is 0 Å². The molecule has 2 aromatic heterocycles. The van der Waals surface area contributed by atoms with Gasteiger partial charge in [0.2, 0.25) is 5.89 Å². The predicted octanol–water partition coefficient (Wildman–Crippen LogP) is 3.28. The fourth-order valence-electron chi connectivity index (χ4n) is 3.31. The van der Waals surface area contributed by atoms with Crippen molar-refractivity contribution < 1.29 is 4.52 Å². The van der Waals surface area contributed by atoms with E-state index in [1.54, 1.807) is 0 Å². The molecule has 0 bridgehead atoms. The van der Waals surface area contributed by atoms with Gasteiger partial charge in [0.15, 0.2) is 5.82 Å². The highest BCUT2D eigenvalue weighted by Crippen LogP contribution is 2.40. The molecule has 0 aromatic carbocycles. The Bertz CT molecular complexity index is 623. The van der Waals surface area contributed by atoms with Crippen LogP contribution in [0.1, 0.15) is 67.8 Å². The van der Waals surface area contributed by atoms with Crippen molar-refractivity contribution >= 4 is 0 Å². The number of likely N-dealkylation sites (tertiary alicyclic amines) is 1. The quantitative estimate of drug-likeness (QED) is 0.867. The highest BCUT2D eigenvalue weighted by atomic mass is 16.5. The third-order valence-corrected chi connectivity index (χ3v) is 4.92. The molecular weight excluding hydrogens is 276 g/mol. The van der Waals surface area contributed by atoms with Crippen LogP contribution < -0.4 is 0 Å². The van der Waals surface area contributed by atoms with Gasteiger partial charge in [-0.1, -0.05) is 11.2 Å². The highest BCUT2D eigenvalue weighted by molar-refractivity contribution is 5.14. The topological polar surface area (TPSA) is 55.1 Å². The molecular formula is C17H22N4O. The zero-order valence-corrected chi connectivity index (χ0v) is 13.0. The Labute approximate surface area is 130 Å². The molecule has 4 rings (SSSR count). The van der Waals surface area contributed by atoms with Gasteiger partial charge < -0.3 is 4.52 Å². The maximum Gasteiger partial charge on any atom is 0.229 e. The Hall–Kier alpha value is -1.75. The largest absolute Gasteiger partial charge is 0.339 e. The minimum Gasteiger partial charge on any atom is -0.339 e. The van der Waals surface area contributed by atoms with E-state index in [2.05, 4.69) is 33.0 Å². The summed E-state index contributed by atoms with van der Waals surface area (Å²) in [6, 6.07) is 4.54. The molecule has 1 aliphatic heterocycles. The molecule has 2 unspecified atom stereocenters. The molecule has 1 saturated carbocycles. The van der Waals surface area contributed by atoms with Gasteiger partial charge in [-0.2, -0.15) is 4.98 Å². The summed E-state index contributed by atoms with van der Waals surface area (Å²) in [5, 5.41) is 4.24. The van der Waals surface area contributed by atoms with E-state index in [4.69, 9.17) is 4.52 Å².